The van der Waals surface area contributed by atoms with Gasteiger partial charge >= 0.3 is 16.3 Å². The number of carbonyl (C=O) groups is 1. The van der Waals surface area contributed by atoms with Crippen molar-refractivity contribution in [3.63, 3.8) is 0 Å². The number of carbonyl (C=O) groups excluding carboxylic acids is 1. The number of hydrogen-bond donors (Lipinski definition) is 1. The van der Waals surface area contributed by atoms with Gasteiger partial charge in [-0.05, 0) is 30.9 Å². The number of alkyl carbamates (subject to hydrolysis) is 1. The second-order valence-corrected chi connectivity index (χ2v) is 14.3. The maximum Gasteiger partial charge on any atom is 0.407 e. The van der Waals surface area contributed by atoms with Crippen molar-refractivity contribution in [3.05, 3.63) is 71.6 Å². The molecule has 2 bridgehead atoms. The number of aromatic nitrogens is 5. The number of nitrogens with one attached hydrogen (secondary N) is 1. The lowest BCUT2D eigenvalue weighted by Crippen LogP contribution is -2.58. The van der Waals surface area contributed by atoms with Gasteiger partial charge in [0.25, 0.3) is 0 Å². The number of nitrogens with zero attached hydrogens (tertiary/aromatic N) is 7. The molecule has 0 aliphatic carbocycles. The van der Waals surface area contributed by atoms with Crippen molar-refractivity contribution in [3.8, 4) is 11.1 Å². The van der Waals surface area contributed by atoms with Crippen LogP contribution in [0.5, 0.6) is 0 Å². The molecule has 2 aliphatic heterocycles. The molecule has 2 saturated heterocycles. The maximum absolute atomic E-state index is 16.0. The summed E-state index contributed by atoms with van der Waals surface area (Å²) in [6.45, 7) is 0.0870. The van der Waals surface area contributed by atoms with E-state index in [1.807, 2.05) is 41.3 Å². The third-order valence-corrected chi connectivity index (χ3v) is 10.9. The van der Waals surface area contributed by atoms with Crippen LogP contribution in [0.15, 0.2) is 61.1 Å². The Morgan fingerprint density at radius 1 is 1.13 bits per heavy atom. The number of fused-ring (bicyclic) bond motifs is 4. The minimum absolute atomic E-state index is 0.0870. The number of amides is 1. The Morgan fingerprint density at radius 3 is 2.67 bits per heavy atom. The smallest absolute Gasteiger partial charge is 0.407 e. The minimum Gasteiger partial charge on any atom is -0.445 e. The lowest BCUT2D eigenvalue weighted by Gasteiger charge is -2.41. The van der Waals surface area contributed by atoms with Gasteiger partial charge in [-0.3, -0.25) is 4.68 Å². The normalized spacial score (nSPS) is 21.4. The molecule has 1 N–H and O–H groups in total. The average molecular weight is 667 g/mol. The first-order valence-electron chi connectivity index (χ1n) is 14.9. The van der Waals surface area contributed by atoms with E-state index in [1.165, 1.54) is 20.3 Å². The van der Waals surface area contributed by atoms with Gasteiger partial charge in [-0.15, -0.1) is 0 Å². The van der Waals surface area contributed by atoms with E-state index in [4.69, 9.17) is 26.3 Å². The highest BCUT2D eigenvalue weighted by Gasteiger charge is 2.49. The first-order chi connectivity index (χ1) is 22.0. The lowest BCUT2D eigenvalue weighted by atomic mass is 9.95. The van der Waals surface area contributed by atoms with Crippen LogP contribution in [-0.2, 0) is 28.6 Å². The highest BCUT2D eigenvalue weighted by atomic mass is 35.5. The number of alkyl halides is 1. The lowest BCUT2D eigenvalue weighted by molar-refractivity contribution is 0.117. The van der Waals surface area contributed by atoms with Crippen molar-refractivity contribution in [1.82, 2.24) is 33.3 Å². The number of benzene rings is 2. The van der Waals surface area contributed by atoms with Crippen molar-refractivity contribution in [1.29, 1.82) is 0 Å². The van der Waals surface area contributed by atoms with Crippen LogP contribution in [0, 0.1) is 0 Å². The quantitative estimate of drug-likeness (QED) is 0.266. The Kier molecular flexibility index (Phi) is 7.60. The first kappa shape index (κ1) is 30.4. The van der Waals surface area contributed by atoms with Crippen molar-refractivity contribution >= 4 is 55.8 Å². The second-order valence-electron chi connectivity index (χ2n) is 11.9. The Morgan fingerprint density at radius 2 is 1.91 bits per heavy atom. The third kappa shape index (κ3) is 5.13. The van der Waals surface area contributed by atoms with Gasteiger partial charge in [-0.25, -0.2) is 23.1 Å². The number of rotatable bonds is 7. The van der Waals surface area contributed by atoms with E-state index in [0.717, 1.165) is 13.8 Å². The number of hydrogen-bond acceptors (Lipinski definition) is 8. The Labute approximate surface area is 269 Å². The number of piperidine rings is 1. The van der Waals surface area contributed by atoms with Gasteiger partial charge in [-0.2, -0.15) is 17.8 Å². The summed E-state index contributed by atoms with van der Waals surface area (Å²) in [5.74, 6) is 0.362. The van der Waals surface area contributed by atoms with Crippen LogP contribution in [0.25, 0.3) is 33.2 Å². The summed E-state index contributed by atoms with van der Waals surface area (Å²) in [7, 11) is 0.638. The van der Waals surface area contributed by atoms with Crippen molar-refractivity contribution in [2.45, 2.75) is 50.2 Å². The highest BCUT2D eigenvalue weighted by Crippen LogP contribution is 2.42. The molecule has 15 heteroatoms. The molecule has 7 rings (SSSR count). The molecule has 1 amide bonds. The summed E-state index contributed by atoms with van der Waals surface area (Å²) >= 11 is 6.83. The molecule has 2 aliphatic rings. The first-order valence-corrected chi connectivity index (χ1v) is 16.6. The fourth-order valence-corrected chi connectivity index (χ4v) is 7.82. The number of ether oxygens (including phenoxy) is 1. The summed E-state index contributed by atoms with van der Waals surface area (Å²) in [5.41, 5.74) is 3.04. The van der Waals surface area contributed by atoms with Crippen molar-refractivity contribution in [2.24, 2.45) is 7.05 Å². The van der Waals surface area contributed by atoms with Gasteiger partial charge < -0.3 is 15.0 Å². The van der Waals surface area contributed by atoms with Crippen molar-refractivity contribution < 1.29 is 22.3 Å². The zero-order chi connectivity index (χ0) is 32.3. The second kappa shape index (κ2) is 11.5. The van der Waals surface area contributed by atoms with Gasteiger partial charge in [0.15, 0.2) is 5.65 Å². The predicted octanol–water partition coefficient (Wildman–Crippen LogP) is 4.67. The summed E-state index contributed by atoms with van der Waals surface area (Å²) in [5, 5.41) is 8.25. The fraction of sp³-hybridized carbons (Fsp3) is 0.355. The fourth-order valence-electron chi connectivity index (χ4n) is 6.57. The number of aryl methyl sites for hydroxylation is 1. The Balaban J connectivity index is 1.21. The molecule has 4 atom stereocenters. The molecule has 3 aromatic heterocycles. The van der Waals surface area contributed by atoms with Gasteiger partial charge in [-0.1, -0.05) is 48.0 Å². The largest absolute Gasteiger partial charge is 0.445 e. The molecule has 2 aromatic carbocycles. The molecule has 12 nitrogen and oxygen atoms in total. The highest BCUT2D eigenvalue weighted by molar-refractivity contribution is 7.87. The number of halogens is 2. The van der Waals surface area contributed by atoms with Gasteiger partial charge in [0.05, 0.1) is 28.8 Å². The van der Waals surface area contributed by atoms with Crippen LogP contribution in [-0.4, -0.2) is 80.9 Å². The SMILES string of the molecule is CN(C)S(=O)(=O)n1cc(-c2ccc3nn(C)cc3c2Cl)c2ncc(N3[C@@H]4CC[C@H]3[C@H](F)[C@@H](NC(=O)OCc3ccccc3)C4)nc21. The van der Waals surface area contributed by atoms with E-state index in [1.54, 1.807) is 30.2 Å². The predicted molar refractivity (Wildman–Crippen MR) is 173 cm³/mol. The van der Waals surface area contributed by atoms with Crippen LogP contribution in [0.4, 0.5) is 15.0 Å². The standard InChI is InChI=1S/C31H32ClFN8O4S/c1-38(2)46(43,44)40-16-21(20-10-11-23-22(27(20)32)15-39(3)37-23)29-30(40)36-26(14-34-29)41-19-9-12-25(41)28(33)24(13-19)35-31(42)45-17-18-7-5-4-6-8-18/h4-8,10-11,14-16,19,24-25,28H,9,12-13,17H2,1-3H3,(H,35,42)/t19-,24+,25+,28-/m1/s1. The van der Waals surface area contributed by atoms with E-state index >= 15 is 4.39 Å². The van der Waals surface area contributed by atoms with Gasteiger partial charge in [0, 0.05) is 56.1 Å². The summed E-state index contributed by atoms with van der Waals surface area (Å²) in [6.07, 6.45) is 4.31. The summed E-state index contributed by atoms with van der Waals surface area (Å²) in [4.78, 5) is 23.9. The van der Waals surface area contributed by atoms with Crippen molar-refractivity contribution in [2.75, 3.05) is 19.0 Å². The zero-order valence-electron chi connectivity index (χ0n) is 25.3. The van der Waals surface area contributed by atoms with E-state index < -0.39 is 34.6 Å². The molecule has 5 aromatic rings. The molecule has 0 saturated carbocycles. The third-order valence-electron chi connectivity index (χ3n) is 8.79. The van der Waals surface area contributed by atoms with E-state index in [-0.39, 0.29) is 18.3 Å². The van der Waals surface area contributed by atoms with Gasteiger partial charge in [0.1, 0.15) is 24.1 Å². The van der Waals surface area contributed by atoms with Crippen LogP contribution in [0.2, 0.25) is 5.02 Å². The van der Waals surface area contributed by atoms with E-state index in [0.29, 0.717) is 57.6 Å². The number of anilines is 1. The Hall–Kier alpha value is -4.27. The molecular formula is C31H32ClFN8O4S. The summed E-state index contributed by atoms with van der Waals surface area (Å²) < 4.78 is 52.2. The molecule has 240 valence electrons. The van der Waals surface area contributed by atoms with Crippen LogP contribution in [0.1, 0.15) is 24.8 Å². The van der Waals surface area contributed by atoms with Crippen LogP contribution in [0.3, 0.4) is 0 Å². The van der Waals surface area contributed by atoms with Gasteiger partial charge in [0.2, 0.25) is 0 Å². The molecule has 46 heavy (non-hydrogen) atoms. The van der Waals surface area contributed by atoms with E-state index in [9.17, 15) is 13.2 Å². The molecule has 0 spiro atoms. The van der Waals surface area contributed by atoms with E-state index in [2.05, 4.69) is 10.4 Å². The minimum atomic E-state index is -4.03. The summed E-state index contributed by atoms with van der Waals surface area (Å²) in [6, 6.07) is 11.4. The van der Waals surface area contributed by atoms with Crippen LogP contribution < -0.4 is 10.2 Å². The Bertz CT molecular complexity index is 2070. The molecule has 0 unspecified atom stereocenters. The van der Waals surface area contributed by atoms with Crippen LogP contribution >= 0.6 is 11.6 Å². The monoisotopic (exact) mass is 666 g/mol. The maximum atomic E-state index is 16.0. The topological polar surface area (TPSA) is 127 Å². The molecule has 2 fully saturated rings. The average Bonchev–Trinajstić information content (AvgIpc) is 3.72. The molecule has 5 heterocycles. The zero-order valence-corrected chi connectivity index (χ0v) is 26.9. The molecule has 0 radical (unpaired) electrons. The molecular weight excluding hydrogens is 635 g/mol.